The molecule has 1 saturated heterocycles. The van der Waals surface area contributed by atoms with E-state index in [9.17, 15) is 8.78 Å². The van der Waals surface area contributed by atoms with E-state index in [-0.39, 0.29) is 24.0 Å². The maximum atomic E-state index is 13.4. The molecule has 0 radical (unpaired) electrons. The van der Waals surface area contributed by atoms with Gasteiger partial charge in [-0.15, -0.1) is 24.0 Å². The summed E-state index contributed by atoms with van der Waals surface area (Å²) in [5, 5.41) is 6.89. The van der Waals surface area contributed by atoms with E-state index in [1.165, 1.54) is 12.1 Å². The topological polar surface area (TPSA) is 52.8 Å². The molecule has 1 aromatic heterocycles. The summed E-state index contributed by atoms with van der Waals surface area (Å²) in [6.07, 6.45) is 4.37. The van der Waals surface area contributed by atoms with Gasteiger partial charge < -0.3 is 15.1 Å². The number of benzene rings is 1. The standard InChI is InChI=1S/C23H30F2N4O.HI/c1-17(2)15-27-23(26-10-7-20-4-3-13-30-20)28-19-8-11-29(12-9-19)16-18-5-6-21(24)22(25)14-18;/h3-6,13-14,19H,1,7-12,15-16H2,2H3,(H2,26,27,28);1H. The van der Waals surface area contributed by atoms with Crippen LogP contribution >= 0.6 is 24.0 Å². The molecule has 0 bridgehead atoms. The second-order valence-corrected chi connectivity index (χ2v) is 7.82. The molecule has 2 heterocycles. The van der Waals surface area contributed by atoms with Gasteiger partial charge in [-0.2, -0.15) is 0 Å². The second-order valence-electron chi connectivity index (χ2n) is 7.82. The van der Waals surface area contributed by atoms with E-state index in [0.29, 0.717) is 19.1 Å². The number of rotatable bonds is 8. The van der Waals surface area contributed by atoms with Crippen LogP contribution in [0.15, 0.2) is 58.2 Å². The zero-order valence-corrected chi connectivity index (χ0v) is 20.2. The molecule has 3 rings (SSSR count). The summed E-state index contributed by atoms with van der Waals surface area (Å²) in [6.45, 7) is 9.58. The molecule has 1 aromatic carbocycles. The Labute approximate surface area is 200 Å². The summed E-state index contributed by atoms with van der Waals surface area (Å²) in [5.41, 5.74) is 1.80. The van der Waals surface area contributed by atoms with Crippen LogP contribution in [0.25, 0.3) is 0 Å². The van der Waals surface area contributed by atoms with Crippen molar-refractivity contribution in [2.24, 2.45) is 4.99 Å². The fourth-order valence-corrected chi connectivity index (χ4v) is 3.45. The first-order valence-electron chi connectivity index (χ1n) is 10.4. The van der Waals surface area contributed by atoms with Crippen molar-refractivity contribution < 1.29 is 13.2 Å². The van der Waals surface area contributed by atoms with Crippen molar-refractivity contribution in [2.45, 2.75) is 38.8 Å². The van der Waals surface area contributed by atoms with Crippen molar-refractivity contribution in [2.75, 3.05) is 26.2 Å². The first-order valence-corrected chi connectivity index (χ1v) is 10.4. The molecule has 2 aromatic rings. The lowest BCUT2D eigenvalue weighted by Crippen LogP contribution is -2.49. The Morgan fingerprint density at radius 1 is 1.23 bits per heavy atom. The lowest BCUT2D eigenvalue weighted by molar-refractivity contribution is 0.198. The summed E-state index contributed by atoms with van der Waals surface area (Å²) >= 11 is 0. The number of aliphatic imine (C=N–C) groups is 1. The molecule has 170 valence electrons. The number of hydrogen-bond donors (Lipinski definition) is 2. The average Bonchev–Trinajstić information content (AvgIpc) is 3.24. The fourth-order valence-electron chi connectivity index (χ4n) is 3.45. The number of piperidine rings is 1. The Morgan fingerprint density at radius 3 is 2.65 bits per heavy atom. The van der Waals surface area contributed by atoms with Crippen molar-refractivity contribution in [3.63, 3.8) is 0 Å². The maximum absolute atomic E-state index is 13.4. The van der Waals surface area contributed by atoms with Crippen molar-refractivity contribution in [3.05, 3.63) is 71.7 Å². The van der Waals surface area contributed by atoms with Crippen LogP contribution in [0.1, 0.15) is 31.1 Å². The quantitative estimate of drug-likeness (QED) is 0.223. The van der Waals surface area contributed by atoms with Gasteiger partial charge in [-0.1, -0.05) is 18.2 Å². The van der Waals surface area contributed by atoms with Crippen LogP contribution in [0.4, 0.5) is 8.78 Å². The molecule has 0 unspecified atom stereocenters. The third kappa shape index (κ3) is 8.60. The molecular weight excluding hydrogens is 513 g/mol. The van der Waals surface area contributed by atoms with Gasteiger partial charge in [0.05, 0.1) is 12.8 Å². The minimum atomic E-state index is -0.803. The molecule has 0 spiro atoms. The summed E-state index contributed by atoms with van der Waals surface area (Å²) in [5.74, 6) is 0.127. The summed E-state index contributed by atoms with van der Waals surface area (Å²) in [7, 11) is 0. The highest BCUT2D eigenvalue weighted by atomic mass is 127. The summed E-state index contributed by atoms with van der Waals surface area (Å²) in [6, 6.07) is 8.28. The maximum Gasteiger partial charge on any atom is 0.191 e. The van der Waals surface area contributed by atoms with Crippen LogP contribution < -0.4 is 10.6 Å². The van der Waals surface area contributed by atoms with E-state index in [1.54, 1.807) is 12.3 Å². The molecule has 0 aliphatic carbocycles. The van der Waals surface area contributed by atoms with E-state index in [4.69, 9.17) is 4.42 Å². The van der Waals surface area contributed by atoms with Crippen LogP contribution in [-0.4, -0.2) is 43.1 Å². The molecule has 5 nitrogen and oxygen atoms in total. The van der Waals surface area contributed by atoms with Crippen molar-refractivity contribution in [1.82, 2.24) is 15.5 Å². The first kappa shape index (κ1) is 25.3. The Kier molecular flexibility index (Phi) is 10.5. The number of furan rings is 1. The van der Waals surface area contributed by atoms with Gasteiger partial charge in [0, 0.05) is 38.6 Å². The Balaban J connectivity index is 0.00000341. The van der Waals surface area contributed by atoms with Gasteiger partial charge in [0.1, 0.15) is 5.76 Å². The minimum Gasteiger partial charge on any atom is -0.469 e. The lowest BCUT2D eigenvalue weighted by atomic mass is 10.0. The molecule has 0 atom stereocenters. The van der Waals surface area contributed by atoms with E-state index in [0.717, 1.165) is 61.8 Å². The number of likely N-dealkylation sites (tertiary alicyclic amines) is 1. The molecule has 31 heavy (non-hydrogen) atoms. The average molecular weight is 544 g/mol. The molecule has 0 amide bonds. The predicted molar refractivity (Wildman–Crippen MR) is 131 cm³/mol. The SMILES string of the molecule is C=C(C)CN=C(NCCc1ccco1)NC1CCN(Cc2ccc(F)c(F)c2)CC1.I. The number of halogens is 3. The number of guanidine groups is 1. The van der Waals surface area contributed by atoms with E-state index < -0.39 is 11.6 Å². The molecule has 2 N–H and O–H groups in total. The third-order valence-corrected chi connectivity index (χ3v) is 5.07. The van der Waals surface area contributed by atoms with E-state index in [2.05, 4.69) is 27.1 Å². The van der Waals surface area contributed by atoms with Crippen LogP contribution in [0.2, 0.25) is 0 Å². The summed E-state index contributed by atoms with van der Waals surface area (Å²) in [4.78, 5) is 6.88. The molecular formula is C23H31F2IN4O. The second kappa shape index (κ2) is 12.8. The van der Waals surface area contributed by atoms with Gasteiger partial charge in [0.15, 0.2) is 17.6 Å². The normalized spacial score (nSPS) is 15.4. The minimum absolute atomic E-state index is 0. The molecule has 8 heteroatoms. The highest BCUT2D eigenvalue weighted by Gasteiger charge is 2.20. The lowest BCUT2D eigenvalue weighted by Gasteiger charge is -2.33. The Bertz CT molecular complexity index is 849. The first-order chi connectivity index (χ1) is 14.5. The zero-order chi connectivity index (χ0) is 21.3. The Morgan fingerprint density at radius 2 is 2.00 bits per heavy atom. The molecule has 1 aliphatic rings. The van der Waals surface area contributed by atoms with Crippen LogP contribution in [0, 0.1) is 11.6 Å². The molecule has 1 aliphatic heterocycles. The largest absolute Gasteiger partial charge is 0.469 e. The highest BCUT2D eigenvalue weighted by Crippen LogP contribution is 2.16. The van der Waals surface area contributed by atoms with Crippen LogP contribution in [0.5, 0.6) is 0 Å². The smallest absolute Gasteiger partial charge is 0.191 e. The van der Waals surface area contributed by atoms with Gasteiger partial charge in [-0.25, -0.2) is 13.8 Å². The van der Waals surface area contributed by atoms with Crippen molar-refractivity contribution >= 4 is 29.9 Å². The summed E-state index contributed by atoms with van der Waals surface area (Å²) < 4.78 is 31.9. The number of nitrogens with zero attached hydrogens (tertiary/aromatic N) is 2. The predicted octanol–water partition coefficient (Wildman–Crippen LogP) is 4.49. The van der Waals surface area contributed by atoms with Crippen molar-refractivity contribution in [3.8, 4) is 0 Å². The monoisotopic (exact) mass is 544 g/mol. The molecule has 1 fully saturated rings. The van der Waals surface area contributed by atoms with Gasteiger partial charge in [0.2, 0.25) is 0 Å². The van der Waals surface area contributed by atoms with Crippen LogP contribution in [0.3, 0.4) is 0 Å². The van der Waals surface area contributed by atoms with E-state index in [1.807, 2.05) is 19.1 Å². The fraction of sp³-hybridized carbons (Fsp3) is 0.435. The van der Waals surface area contributed by atoms with Crippen LogP contribution in [-0.2, 0) is 13.0 Å². The van der Waals surface area contributed by atoms with Gasteiger partial charge in [-0.3, -0.25) is 4.90 Å². The van der Waals surface area contributed by atoms with E-state index >= 15 is 0 Å². The molecule has 0 saturated carbocycles. The zero-order valence-electron chi connectivity index (χ0n) is 17.9. The van der Waals surface area contributed by atoms with Gasteiger partial charge >= 0.3 is 0 Å². The third-order valence-electron chi connectivity index (χ3n) is 5.07. The number of hydrogen-bond acceptors (Lipinski definition) is 3. The highest BCUT2D eigenvalue weighted by molar-refractivity contribution is 14.0. The van der Waals surface area contributed by atoms with Gasteiger partial charge in [0.25, 0.3) is 0 Å². The van der Waals surface area contributed by atoms with Crippen molar-refractivity contribution in [1.29, 1.82) is 0 Å². The Hall–Kier alpha value is -1.94. The number of nitrogens with one attached hydrogen (secondary N) is 2. The van der Waals surface area contributed by atoms with Gasteiger partial charge in [-0.05, 0) is 49.6 Å².